The van der Waals surface area contributed by atoms with Crippen LogP contribution in [0.3, 0.4) is 0 Å². The van der Waals surface area contributed by atoms with Crippen molar-refractivity contribution in [2.45, 2.75) is 19.3 Å². The molecule has 1 aliphatic heterocycles. The zero-order valence-corrected chi connectivity index (χ0v) is 9.70. The Bertz CT molecular complexity index is 345. The maximum atomic E-state index is 13.8. The maximum Gasteiger partial charge on any atom is 0.141 e. The third kappa shape index (κ3) is 1.71. The van der Waals surface area contributed by atoms with Crippen molar-refractivity contribution in [1.29, 1.82) is 0 Å². The first-order valence-electron chi connectivity index (χ1n) is 4.85. The van der Waals surface area contributed by atoms with Crippen molar-refractivity contribution in [2.75, 3.05) is 13.1 Å². The predicted octanol–water partition coefficient (Wildman–Crippen LogP) is 2.97. The van der Waals surface area contributed by atoms with Gasteiger partial charge in [-0.15, -0.1) is 0 Å². The number of hydrogen-bond acceptors (Lipinski definition) is 1. The summed E-state index contributed by atoms with van der Waals surface area (Å²) in [6.45, 7) is 3.87. The van der Waals surface area contributed by atoms with E-state index in [1.54, 1.807) is 6.07 Å². The zero-order valence-electron chi connectivity index (χ0n) is 8.11. The lowest BCUT2D eigenvalue weighted by Gasteiger charge is -2.14. The van der Waals surface area contributed by atoms with Crippen LogP contribution in [-0.4, -0.2) is 13.1 Å². The molecule has 14 heavy (non-hydrogen) atoms. The largest absolute Gasteiger partial charge is 0.316 e. The summed E-state index contributed by atoms with van der Waals surface area (Å²) in [6.07, 6.45) is 1.04. The van der Waals surface area contributed by atoms with Gasteiger partial charge in [-0.1, -0.05) is 6.07 Å². The van der Waals surface area contributed by atoms with E-state index in [0.717, 1.165) is 30.6 Å². The van der Waals surface area contributed by atoms with E-state index in [9.17, 15) is 4.39 Å². The number of hydrogen-bond donors (Lipinski definition) is 1. The van der Waals surface area contributed by atoms with Crippen molar-refractivity contribution < 1.29 is 4.39 Å². The molecular formula is C11H13BrFN. The predicted molar refractivity (Wildman–Crippen MR) is 59.1 cm³/mol. The van der Waals surface area contributed by atoms with Crippen LogP contribution in [0.4, 0.5) is 4.39 Å². The highest BCUT2D eigenvalue weighted by Gasteiger charge is 2.22. The highest BCUT2D eigenvalue weighted by Crippen LogP contribution is 2.31. The summed E-state index contributed by atoms with van der Waals surface area (Å²) in [5.41, 5.74) is 1.93. The molecule has 1 saturated heterocycles. The van der Waals surface area contributed by atoms with E-state index >= 15 is 0 Å². The van der Waals surface area contributed by atoms with E-state index in [-0.39, 0.29) is 5.82 Å². The highest BCUT2D eigenvalue weighted by atomic mass is 79.9. The van der Waals surface area contributed by atoms with Crippen molar-refractivity contribution in [3.05, 3.63) is 33.5 Å². The highest BCUT2D eigenvalue weighted by molar-refractivity contribution is 9.10. The van der Waals surface area contributed by atoms with Crippen molar-refractivity contribution >= 4 is 15.9 Å². The molecule has 1 N–H and O–H groups in total. The van der Waals surface area contributed by atoms with Gasteiger partial charge in [-0.2, -0.15) is 0 Å². The van der Waals surface area contributed by atoms with Gasteiger partial charge < -0.3 is 5.32 Å². The maximum absolute atomic E-state index is 13.8. The monoisotopic (exact) mass is 257 g/mol. The second kappa shape index (κ2) is 3.99. The van der Waals surface area contributed by atoms with Crippen LogP contribution in [-0.2, 0) is 0 Å². The topological polar surface area (TPSA) is 12.0 Å². The quantitative estimate of drug-likeness (QED) is 0.816. The van der Waals surface area contributed by atoms with Gasteiger partial charge in [-0.05, 0) is 53.0 Å². The summed E-state index contributed by atoms with van der Waals surface area (Å²) in [7, 11) is 0. The SMILES string of the molecule is Cc1ccc(Br)c(F)c1C1CCNC1. The third-order valence-corrected chi connectivity index (χ3v) is 3.43. The molecule has 0 spiro atoms. The van der Waals surface area contributed by atoms with Crippen LogP contribution in [0.5, 0.6) is 0 Å². The van der Waals surface area contributed by atoms with Crippen LogP contribution >= 0.6 is 15.9 Å². The number of nitrogens with one attached hydrogen (secondary N) is 1. The van der Waals surface area contributed by atoms with Gasteiger partial charge in [0.05, 0.1) is 4.47 Å². The number of rotatable bonds is 1. The van der Waals surface area contributed by atoms with Crippen LogP contribution in [0.2, 0.25) is 0 Å². The number of aryl methyl sites for hydroxylation is 1. The molecule has 0 saturated carbocycles. The number of benzene rings is 1. The van der Waals surface area contributed by atoms with Crippen LogP contribution in [0, 0.1) is 12.7 Å². The summed E-state index contributed by atoms with van der Waals surface area (Å²) in [5, 5.41) is 3.26. The Balaban J connectivity index is 2.44. The Morgan fingerprint density at radius 2 is 2.29 bits per heavy atom. The van der Waals surface area contributed by atoms with Gasteiger partial charge in [0.1, 0.15) is 5.82 Å². The molecule has 0 amide bonds. The van der Waals surface area contributed by atoms with Crippen molar-refractivity contribution in [1.82, 2.24) is 5.32 Å². The van der Waals surface area contributed by atoms with E-state index in [1.807, 2.05) is 13.0 Å². The second-order valence-corrected chi connectivity index (χ2v) is 4.64. The molecule has 3 heteroatoms. The lowest BCUT2D eigenvalue weighted by atomic mass is 9.94. The van der Waals surface area contributed by atoms with E-state index in [1.165, 1.54) is 0 Å². The molecule has 2 rings (SSSR count). The molecule has 1 nitrogen and oxygen atoms in total. The Kier molecular flexibility index (Phi) is 2.88. The van der Waals surface area contributed by atoms with Crippen molar-refractivity contribution in [2.24, 2.45) is 0 Å². The summed E-state index contributed by atoms with van der Waals surface area (Å²) >= 11 is 3.23. The van der Waals surface area contributed by atoms with Gasteiger partial charge in [0.15, 0.2) is 0 Å². The first-order chi connectivity index (χ1) is 6.70. The van der Waals surface area contributed by atoms with E-state index in [4.69, 9.17) is 0 Å². The van der Waals surface area contributed by atoms with Gasteiger partial charge in [-0.3, -0.25) is 0 Å². The molecule has 0 radical (unpaired) electrons. The average Bonchev–Trinajstić information content (AvgIpc) is 2.65. The first-order valence-corrected chi connectivity index (χ1v) is 5.64. The van der Waals surface area contributed by atoms with Crippen LogP contribution in [0.1, 0.15) is 23.5 Å². The smallest absolute Gasteiger partial charge is 0.141 e. The fourth-order valence-corrected chi connectivity index (χ4v) is 2.41. The normalized spacial score (nSPS) is 21.5. The van der Waals surface area contributed by atoms with Crippen molar-refractivity contribution in [3.8, 4) is 0 Å². The van der Waals surface area contributed by atoms with Crippen molar-refractivity contribution in [3.63, 3.8) is 0 Å². The van der Waals surface area contributed by atoms with E-state index in [2.05, 4.69) is 21.2 Å². The zero-order chi connectivity index (χ0) is 10.1. The number of halogens is 2. The van der Waals surface area contributed by atoms with Crippen LogP contribution in [0.15, 0.2) is 16.6 Å². The Labute approximate surface area is 91.8 Å². The van der Waals surface area contributed by atoms with Gasteiger partial charge in [0, 0.05) is 12.5 Å². The minimum absolute atomic E-state index is 0.0845. The summed E-state index contributed by atoms with van der Waals surface area (Å²) < 4.78 is 14.4. The fraction of sp³-hybridized carbons (Fsp3) is 0.455. The molecule has 0 bridgehead atoms. The molecule has 1 unspecified atom stereocenters. The van der Waals surface area contributed by atoms with E-state index < -0.39 is 0 Å². The summed E-state index contributed by atoms with van der Waals surface area (Å²) in [6, 6.07) is 3.75. The van der Waals surface area contributed by atoms with Gasteiger partial charge in [0.2, 0.25) is 0 Å². The van der Waals surface area contributed by atoms with Gasteiger partial charge >= 0.3 is 0 Å². The molecule has 1 aromatic rings. The minimum Gasteiger partial charge on any atom is -0.316 e. The fourth-order valence-electron chi connectivity index (χ4n) is 2.07. The standard InChI is InChI=1S/C11H13BrFN/c1-7-2-3-9(12)11(13)10(7)8-4-5-14-6-8/h2-3,8,14H,4-6H2,1H3. The molecule has 0 aliphatic carbocycles. The van der Waals surface area contributed by atoms with Gasteiger partial charge in [0.25, 0.3) is 0 Å². The van der Waals surface area contributed by atoms with Crippen LogP contribution < -0.4 is 5.32 Å². The molecule has 1 heterocycles. The second-order valence-electron chi connectivity index (χ2n) is 3.78. The first kappa shape index (κ1) is 10.1. The lowest BCUT2D eigenvalue weighted by molar-refractivity contribution is 0.579. The average molecular weight is 258 g/mol. The lowest BCUT2D eigenvalue weighted by Crippen LogP contribution is -2.10. The summed E-state index contributed by atoms with van der Waals surface area (Å²) in [4.78, 5) is 0. The molecular weight excluding hydrogens is 245 g/mol. The summed E-state index contributed by atoms with van der Waals surface area (Å²) in [5.74, 6) is 0.256. The Morgan fingerprint density at radius 3 is 2.93 bits per heavy atom. The molecule has 1 aromatic carbocycles. The third-order valence-electron chi connectivity index (χ3n) is 2.82. The Hall–Kier alpha value is -0.410. The van der Waals surface area contributed by atoms with Crippen LogP contribution in [0.25, 0.3) is 0 Å². The van der Waals surface area contributed by atoms with Gasteiger partial charge in [-0.25, -0.2) is 4.39 Å². The Morgan fingerprint density at radius 1 is 1.50 bits per heavy atom. The molecule has 76 valence electrons. The minimum atomic E-state index is -0.0845. The molecule has 1 atom stereocenters. The van der Waals surface area contributed by atoms with E-state index in [0.29, 0.717) is 10.4 Å². The molecule has 1 aliphatic rings. The molecule has 1 fully saturated rings. The molecule has 0 aromatic heterocycles.